The quantitative estimate of drug-likeness (QED) is 0.471. The predicted octanol–water partition coefficient (Wildman–Crippen LogP) is 4.80. The molecule has 5 rings (SSSR count). The van der Waals surface area contributed by atoms with E-state index in [1.807, 2.05) is 47.8 Å². The molecule has 4 N–H and O–H groups in total. The number of benzene rings is 1. The van der Waals surface area contributed by atoms with Crippen LogP contribution in [-0.2, 0) is 4.79 Å². The van der Waals surface area contributed by atoms with Crippen molar-refractivity contribution in [1.29, 1.82) is 0 Å². The van der Waals surface area contributed by atoms with Crippen LogP contribution in [0.4, 0.5) is 11.4 Å². The van der Waals surface area contributed by atoms with Gasteiger partial charge in [-0.05, 0) is 73.4 Å². The van der Waals surface area contributed by atoms with Crippen LogP contribution >= 0.6 is 11.3 Å². The van der Waals surface area contributed by atoms with Crippen LogP contribution in [0.2, 0.25) is 0 Å². The number of carbonyl (C=O) groups excluding carboxylic acids is 2. The normalized spacial score (nSPS) is 22.1. The molecule has 2 amide bonds. The summed E-state index contributed by atoms with van der Waals surface area (Å²) in [6, 6.07) is 13.5. The molecule has 1 saturated heterocycles. The average Bonchev–Trinajstić information content (AvgIpc) is 3.52. The lowest BCUT2D eigenvalue weighted by atomic mass is 9.74. The van der Waals surface area contributed by atoms with Gasteiger partial charge in [0.1, 0.15) is 0 Å². The standard InChI is InChI=1S/C26H29N5O2S/c1-17(32)31-13-12-26(30-31)10-8-18(9-11-26)22-7-5-20(16-28-22)25(33)29-23-15-19(4-6-21(23)27)24-3-2-14-34-24/h2-7,14-16,18,30H,8-13,27H2,1H3,(H,29,33). The van der Waals surface area contributed by atoms with Crippen molar-refractivity contribution in [2.45, 2.75) is 50.5 Å². The van der Waals surface area contributed by atoms with Crippen LogP contribution in [0, 0.1) is 0 Å². The second-order valence-corrected chi connectivity index (χ2v) is 10.2. The number of nitrogen functional groups attached to an aromatic ring is 1. The number of carbonyl (C=O) groups is 2. The highest BCUT2D eigenvalue weighted by Crippen LogP contribution is 2.41. The third-order valence-electron chi connectivity index (χ3n) is 7.08. The van der Waals surface area contributed by atoms with E-state index in [1.165, 1.54) is 0 Å². The average molecular weight is 476 g/mol. The molecule has 3 heterocycles. The van der Waals surface area contributed by atoms with Gasteiger partial charge in [0.15, 0.2) is 0 Å². The molecular weight excluding hydrogens is 446 g/mol. The maximum Gasteiger partial charge on any atom is 0.257 e. The van der Waals surface area contributed by atoms with Crippen molar-refractivity contribution in [2.24, 2.45) is 0 Å². The van der Waals surface area contributed by atoms with E-state index in [9.17, 15) is 9.59 Å². The SMILES string of the molecule is CC(=O)N1CCC2(CCC(c3ccc(C(=O)Nc4cc(-c5cccs5)ccc4N)cn3)CC2)N1. The van der Waals surface area contributed by atoms with Gasteiger partial charge in [-0.1, -0.05) is 12.1 Å². The summed E-state index contributed by atoms with van der Waals surface area (Å²) in [5, 5.41) is 6.70. The maximum atomic E-state index is 12.9. The zero-order chi connectivity index (χ0) is 23.7. The van der Waals surface area contributed by atoms with E-state index in [-0.39, 0.29) is 17.4 Å². The molecule has 2 aromatic heterocycles. The van der Waals surface area contributed by atoms with E-state index >= 15 is 0 Å². The number of hydrogen-bond donors (Lipinski definition) is 3. The molecule has 2 fully saturated rings. The zero-order valence-electron chi connectivity index (χ0n) is 19.2. The van der Waals surface area contributed by atoms with Crippen molar-refractivity contribution >= 4 is 34.5 Å². The fourth-order valence-electron chi connectivity index (χ4n) is 5.02. The predicted molar refractivity (Wildman–Crippen MR) is 135 cm³/mol. The summed E-state index contributed by atoms with van der Waals surface area (Å²) < 4.78 is 0. The molecular formula is C26H29N5O2S. The van der Waals surface area contributed by atoms with Gasteiger partial charge in [-0.15, -0.1) is 11.3 Å². The topological polar surface area (TPSA) is 100 Å². The largest absolute Gasteiger partial charge is 0.397 e. The second-order valence-electron chi connectivity index (χ2n) is 9.29. The number of pyridine rings is 1. The fraction of sp³-hybridized carbons (Fsp3) is 0.346. The number of thiophene rings is 1. The van der Waals surface area contributed by atoms with E-state index in [1.54, 1.807) is 29.5 Å². The van der Waals surface area contributed by atoms with Crippen LogP contribution < -0.4 is 16.5 Å². The number of rotatable bonds is 4. The first-order chi connectivity index (χ1) is 16.4. The van der Waals surface area contributed by atoms with Gasteiger partial charge in [0.05, 0.1) is 16.9 Å². The third-order valence-corrected chi connectivity index (χ3v) is 8.00. The number of hydrogen-bond acceptors (Lipinski definition) is 6. The van der Waals surface area contributed by atoms with Crippen molar-refractivity contribution in [2.75, 3.05) is 17.6 Å². The minimum atomic E-state index is -0.226. The first kappa shape index (κ1) is 22.6. The van der Waals surface area contributed by atoms with E-state index < -0.39 is 0 Å². The summed E-state index contributed by atoms with van der Waals surface area (Å²) in [6.07, 6.45) is 6.73. The Morgan fingerprint density at radius 2 is 2.00 bits per heavy atom. The number of anilines is 2. The van der Waals surface area contributed by atoms with E-state index in [4.69, 9.17) is 5.73 Å². The number of nitrogens with two attached hydrogens (primary N) is 1. The Morgan fingerprint density at radius 1 is 1.18 bits per heavy atom. The Balaban J connectivity index is 1.22. The van der Waals surface area contributed by atoms with E-state index in [0.717, 1.165) is 54.8 Å². The smallest absolute Gasteiger partial charge is 0.257 e. The molecule has 2 aliphatic rings. The lowest BCUT2D eigenvalue weighted by molar-refractivity contribution is -0.131. The summed E-state index contributed by atoms with van der Waals surface area (Å²) in [7, 11) is 0. The Labute approximate surface area is 203 Å². The van der Waals surface area contributed by atoms with Gasteiger partial charge in [-0.25, -0.2) is 5.43 Å². The summed E-state index contributed by atoms with van der Waals surface area (Å²) in [6.45, 7) is 2.39. The molecule has 34 heavy (non-hydrogen) atoms. The highest BCUT2D eigenvalue weighted by molar-refractivity contribution is 7.13. The number of hydrazine groups is 1. The first-order valence-corrected chi connectivity index (χ1v) is 12.6. The number of amides is 2. The van der Waals surface area contributed by atoms with Crippen molar-refractivity contribution in [3.63, 3.8) is 0 Å². The van der Waals surface area contributed by atoms with Gasteiger partial charge in [0.2, 0.25) is 5.91 Å². The van der Waals surface area contributed by atoms with Gasteiger partial charge in [-0.2, -0.15) is 0 Å². The van der Waals surface area contributed by atoms with Crippen LogP contribution in [0.5, 0.6) is 0 Å². The van der Waals surface area contributed by atoms with Gasteiger partial charge < -0.3 is 11.1 Å². The van der Waals surface area contributed by atoms with Crippen molar-refractivity contribution in [3.8, 4) is 10.4 Å². The van der Waals surface area contributed by atoms with E-state index in [2.05, 4.69) is 15.7 Å². The molecule has 3 aromatic rings. The van der Waals surface area contributed by atoms with Crippen LogP contribution in [0.15, 0.2) is 54.0 Å². The molecule has 1 aromatic carbocycles. The summed E-state index contributed by atoms with van der Waals surface area (Å²) in [4.78, 5) is 30.3. The Morgan fingerprint density at radius 3 is 2.65 bits per heavy atom. The number of nitrogens with zero attached hydrogens (tertiary/aromatic N) is 2. The molecule has 1 aliphatic carbocycles. The molecule has 7 nitrogen and oxygen atoms in total. The summed E-state index contributed by atoms with van der Waals surface area (Å²) >= 11 is 1.64. The molecule has 0 unspecified atom stereocenters. The summed E-state index contributed by atoms with van der Waals surface area (Å²) in [5.41, 5.74) is 13.3. The lowest BCUT2D eigenvalue weighted by Crippen LogP contribution is -2.49. The van der Waals surface area contributed by atoms with Gasteiger partial charge >= 0.3 is 0 Å². The molecule has 0 radical (unpaired) electrons. The molecule has 0 atom stereocenters. The molecule has 0 bridgehead atoms. The minimum absolute atomic E-state index is 0.0412. The van der Waals surface area contributed by atoms with Crippen LogP contribution in [0.3, 0.4) is 0 Å². The van der Waals surface area contributed by atoms with E-state index in [0.29, 0.717) is 22.9 Å². The Kier molecular flexibility index (Phi) is 6.10. The van der Waals surface area contributed by atoms with Crippen LogP contribution in [0.25, 0.3) is 10.4 Å². The maximum absolute atomic E-state index is 12.9. The molecule has 1 spiro atoms. The monoisotopic (exact) mass is 475 g/mol. The fourth-order valence-corrected chi connectivity index (χ4v) is 5.75. The molecule has 8 heteroatoms. The highest BCUT2D eigenvalue weighted by Gasteiger charge is 2.41. The number of nitrogens with one attached hydrogen (secondary N) is 2. The van der Waals surface area contributed by atoms with Crippen molar-refractivity contribution in [1.82, 2.24) is 15.4 Å². The highest BCUT2D eigenvalue weighted by atomic mass is 32.1. The Bertz CT molecular complexity index is 1180. The van der Waals surface area contributed by atoms with Crippen molar-refractivity contribution in [3.05, 3.63) is 65.3 Å². The third kappa shape index (κ3) is 4.56. The van der Waals surface area contributed by atoms with Crippen LogP contribution in [0.1, 0.15) is 61.0 Å². The number of aromatic nitrogens is 1. The van der Waals surface area contributed by atoms with Gasteiger partial charge in [0, 0.05) is 41.7 Å². The Hall–Kier alpha value is -3.23. The van der Waals surface area contributed by atoms with Crippen molar-refractivity contribution < 1.29 is 9.59 Å². The van der Waals surface area contributed by atoms with Crippen LogP contribution in [-0.4, -0.2) is 33.9 Å². The second kappa shape index (κ2) is 9.19. The molecule has 176 valence electrons. The minimum Gasteiger partial charge on any atom is -0.397 e. The zero-order valence-corrected chi connectivity index (χ0v) is 20.0. The first-order valence-electron chi connectivity index (χ1n) is 11.7. The molecule has 1 aliphatic heterocycles. The molecule has 1 saturated carbocycles. The van der Waals surface area contributed by atoms with Gasteiger partial charge in [0.25, 0.3) is 5.91 Å². The summed E-state index contributed by atoms with van der Waals surface area (Å²) in [5.74, 6) is 0.222. The lowest BCUT2D eigenvalue weighted by Gasteiger charge is -2.37. The van der Waals surface area contributed by atoms with Gasteiger partial charge in [-0.3, -0.25) is 19.6 Å².